The van der Waals surface area contributed by atoms with E-state index in [9.17, 15) is 9.59 Å². The molecule has 0 saturated heterocycles. The average Bonchev–Trinajstić information content (AvgIpc) is 3.00. The van der Waals surface area contributed by atoms with Crippen LogP contribution in [0.3, 0.4) is 0 Å². The van der Waals surface area contributed by atoms with Gasteiger partial charge in [0.25, 0.3) is 11.5 Å². The molecular formula is C15H13N3O3. The van der Waals surface area contributed by atoms with E-state index in [4.69, 9.17) is 4.42 Å². The van der Waals surface area contributed by atoms with Crippen LogP contribution in [-0.2, 0) is 6.54 Å². The van der Waals surface area contributed by atoms with Crippen LogP contribution in [0, 0.1) is 0 Å². The molecule has 6 nitrogen and oxygen atoms in total. The Morgan fingerprint density at radius 1 is 1.29 bits per heavy atom. The molecule has 1 N–H and O–H groups in total. The Morgan fingerprint density at radius 3 is 2.86 bits per heavy atom. The Balaban J connectivity index is 1.88. The molecule has 0 aliphatic rings. The molecule has 3 aromatic rings. The second kappa shape index (κ2) is 5.24. The molecule has 2 aromatic heterocycles. The number of furan rings is 1. The molecule has 6 heteroatoms. The number of rotatable bonds is 3. The van der Waals surface area contributed by atoms with E-state index in [1.807, 2.05) is 6.07 Å². The minimum Gasteiger partial charge on any atom is -0.459 e. The highest BCUT2D eigenvalue weighted by Gasteiger charge is 2.15. The molecule has 0 radical (unpaired) electrons. The largest absolute Gasteiger partial charge is 0.459 e. The van der Waals surface area contributed by atoms with Gasteiger partial charge >= 0.3 is 0 Å². The monoisotopic (exact) mass is 283 g/mol. The van der Waals surface area contributed by atoms with Crippen molar-refractivity contribution in [3.05, 3.63) is 64.6 Å². The second-order valence-electron chi connectivity index (χ2n) is 4.67. The lowest BCUT2D eigenvalue weighted by Crippen LogP contribution is -2.28. The van der Waals surface area contributed by atoms with E-state index in [0.29, 0.717) is 16.7 Å². The summed E-state index contributed by atoms with van der Waals surface area (Å²) in [7, 11) is 1.63. The van der Waals surface area contributed by atoms with Gasteiger partial charge in [-0.05, 0) is 24.3 Å². The number of nitrogens with zero attached hydrogens (tertiary/aromatic N) is 2. The average molecular weight is 283 g/mol. The van der Waals surface area contributed by atoms with Crippen LogP contribution >= 0.6 is 0 Å². The number of aromatic nitrogens is 2. The van der Waals surface area contributed by atoms with E-state index in [1.165, 1.54) is 11.2 Å². The number of amides is 1. The molecule has 21 heavy (non-hydrogen) atoms. The fourth-order valence-corrected chi connectivity index (χ4v) is 2.09. The topological polar surface area (TPSA) is 79.2 Å². The van der Waals surface area contributed by atoms with Gasteiger partial charge in [-0.2, -0.15) is 0 Å². The lowest BCUT2D eigenvalue weighted by Gasteiger charge is -2.15. The summed E-state index contributed by atoms with van der Waals surface area (Å²) in [5.74, 6) is 0.414. The Hall–Kier alpha value is -2.89. The summed E-state index contributed by atoms with van der Waals surface area (Å²) >= 11 is 0. The van der Waals surface area contributed by atoms with Crippen LogP contribution in [0.2, 0.25) is 0 Å². The van der Waals surface area contributed by atoms with Gasteiger partial charge in [0.1, 0.15) is 5.82 Å². The first kappa shape index (κ1) is 13.1. The zero-order chi connectivity index (χ0) is 14.8. The van der Waals surface area contributed by atoms with Crippen LogP contribution in [0.5, 0.6) is 0 Å². The number of hydrogen-bond acceptors (Lipinski definition) is 4. The molecule has 0 spiro atoms. The molecule has 1 amide bonds. The van der Waals surface area contributed by atoms with Crippen molar-refractivity contribution in [1.29, 1.82) is 0 Å². The number of carbonyl (C=O) groups excluding carboxylic acids is 1. The van der Waals surface area contributed by atoms with E-state index >= 15 is 0 Å². The fraction of sp³-hybridized carbons (Fsp3) is 0.133. The Kier molecular flexibility index (Phi) is 3.27. The third-order valence-electron chi connectivity index (χ3n) is 3.13. The van der Waals surface area contributed by atoms with E-state index in [2.05, 4.69) is 9.97 Å². The highest BCUT2D eigenvalue weighted by Crippen LogP contribution is 2.09. The predicted octanol–water partition coefficient (Wildman–Crippen LogP) is 1.79. The predicted molar refractivity (Wildman–Crippen MR) is 76.9 cm³/mol. The van der Waals surface area contributed by atoms with Crippen LogP contribution in [-0.4, -0.2) is 27.8 Å². The first-order valence-electron chi connectivity index (χ1n) is 6.42. The van der Waals surface area contributed by atoms with E-state index in [0.717, 1.165) is 0 Å². The molecule has 0 saturated carbocycles. The molecule has 106 valence electrons. The van der Waals surface area contributed by atoms with Crippen LogP contribution in [0.25, 0.3) is 10.9 Å². The molecule has 0 fully saturated rings. The zero-order valence-corrected chi connectivity index (χ0v) is 11.4. The summed E-state index contributed by atoms with van der Waals surface area (Å²) in [6.07, 6.45) is 1.44. The highest BCUT2D eigenvalue weighted by atomic mass is 16.3. The van der Waals surface area contributed by atoms with Gasteiger partial charge < -0.3 is 14.3 Å². The number of nitrogens with one attached hydrogen (secondary N) is 1. The summed E-state index contributed by atoms with van der Waals surface area (Å²) in [4.78, 5) is 32.5. The first-order chi connectivity index (χ1) is 10.1. The number of fused-ring (bicyclic) bond motifs is 1. The van der Waals surface area contributed by atoms with Gasteiger partial charge in [-0.25, -0.2) is 4.98 Å². The summed E-state index contributed by atoms with van der Waals surface area (Å²) in [5.41, 5.74) is 0.393. The van der Waals surface area contributed by atoms with E-state index in [-0.39, 0.29) is 23.8 Å². The summed E-state index contributed by atoms with van der Waals surface area (Å²) < 4.78 is 5.06. The Labute approximate surface area is 120 Å². The van der Waals surface area contributed by atoms with Crippen molar-refractivity contribution in [2.75, 3.05) is 7.05 Å². The maximum atomic E-state index is 12.1. The minimum absolute atomic E-state index is 0.194. The quantitative estimate of drug-likeness (QED) is 0.794. The number of aromatic amines is 1. The van der Waals surface area contributed by atoms with Gasteiger partial charge in [-0.3, -0.25) is 9.59 Å². The maximum absolute atomic E-state index is 12.1. The summed E-state index contributed by atoms with van der Waals surface area (Å²) in [6.45, 7) is 0.194. The van der Waals surface area contributed by atoms with Gasteiger partial charge in [0, 0.05) is 7.05 Å². The normalized spacial score (nSPS) is 10.7. The maximum Gasteiger partial charge on any atom is 0.289 e. The number of hydrogen-bond donors (Lipinski definition) is 1. The van der Waals surface area contributed by atoms with Crippen molar-refractivity contribution in [2.24, 2.45) is 0 Å². The second-order valence-corrected chi connectivity index (χ2v) is 4.67. The Morgan fingerprint density at radius 2 is 2.10 bits per heavy atom. The third-order valence-corrected chi connectivity index (χ3v) is 3.13. The van der Waals surface area contributed by atoms with Gasteiger partial charge in [-0.15, -0.1) is 0 Å². The number of carbonyl (C=O) groups is 1. The van der Waals surface area contributed by atoms with Gasteiger partial charge in [0.05, 0.1) is 23.7 Å². The first-order valence-corrected chi connectivity index (χ1v) is 6.42. The number of H-pyrrole nitrogens is 1. The smallest absolute Gasteiger partial charge is 0.289 e. The molecule has 1 aromatic carbocycles. The molecule has 0 aliphatic carbocycles. The van der Waals surface area contributed by atoms with Gasteiger partial charge in [-0.1, -0.05) is 12.1 Å². The fourth-order valence-electron chi connectivity index (χ4n) is 2.09. The van der Waals surface area contributed by atoms with Crippen molar-refractivity contribution in [3.63, 3.8) is 0 Å². The standard InChI is InChI=1S/C15H13N3O3/c1-18(15(20)12-7-4-8-21-12)9-13-16-11-6-3-2-5-10(11)14(19)17-13/h2-8H,9H2,1H3,(H,16,17,19). The van der Waals surface area contributed by atoms with Crippen molar-refractivity contribution < 1.29 is 9.21 Å². The van der Waals surface area contributed by atoms with Crippen LogP contribution in [0.4, 0.5) is 0 Å². The summed E-state index contributed by atoms with van der Waals surface area (Å²) in [6, 6.07) is 10.3. The molecule has 0 atom stereocenters. The SMILES string of the molecule is CN(Cc1nc2ccccc2c(=O)[nH]1)C(=O)c1ccco1. The van der Waals surface area contributed by atoms with Crippen LogP contribution in [0.1, 0.15) is 16.4 Å². The van der Waals surface area contributed by atoms with Crippen molar-refractivity contribution >= 4 is 16.8 Å². The van der Waals surface area contributed by atoms with Crippen molar-refractivity contribution in [3.8, 4) is 0 Å². The molecular weight excluding hydrogens is 270 g/mol. The molecule has 0 bridgehead atoms. The lowest BCUT2D eigenvalue weighted by atomic mass is 10.2. The van der Waals surface area contributed by atoms with Gasteiger partial charge in [0.15, 0.2) is 5.76 Å². The number of benzene rings is 1. The minimum atomic E-state index is -0.268. The lowest BCUT2D eigenvalue weighted by molar-refractivity contribution is 0.0750. The third kappa shape index (κ3) is 2.55. The van der Waals surface area contributed by atoms with Crippen LogP contribution in [0.15, 0.2) is 51.9 Å². The summed E-state index contributed by atoms with van der Waals surface area (Å²) in [5, 5.41) is 0.529. The van der Waals surface area contributed by atoms with E-state index in [1.54, 1.807) is 37.4 Å². The van der Waals surface area contributed by atoms with Crippen molar-refractivity contribution in [1.82, 2.24) is 14.9 Å². The molecule has 0 unspecified atom stereocenters. The Bertz CT molecular complexity index is 837. The van der Waals surface area contributed by atoms with Crippen LogP contribution < -0.4 is 5.56 Å². The molecule has 2 heterocycles. The molecule has 3 rings (SSSR count). The highest BCUT2D eigenvalue weighted by molar-refractivity contribution is 5.91. The van der Waals surface area contributed by atoms with Gasteiger partial charge in [0.2, 0.25) is 0 Å². The molecule has 0 aliphatic heterocycles. The number of para-hydroxylation sites is 1. The zero-order valence-electron chi connectivity index (χ0n) is 11.4. The van der Waals surface area contributed by atoms with Crippen molar-refractivity contribution in [2.45, 2.75) is 6.54 Å². The van der Waals surface area contributed by atoms with E-state index < -0.39 is 0 Å².